The van der Waals surface area contributed by atoms with Crippen molar-refractivity contribution < 1.29 is 9.53 Å². The molecule has 0 atom stereocenters. The van der Waals surface area contributed by atoms with E-state index in [4.69, 9.17) is 4.74 Å². The number of carbonyl (C=O) groups is 1. The molecule has 0 amide bonds. The van der Waals surface area contributed by atoms with Gasteiger partial charge in [-0.2, -0.15) is 0 Å². The maximum atomic E-state index is 10.8. The van der Waals surface area contributed by atoms with Crippen LogP contribution >= 0.6 is 0 Å². The molecule has 0 saturated heterocycles. The van der Waals surface area contributed by atoms with Gasteiger partial charge in [0.25, 0.3) is 0 Å². The van der Waals surface area contributed by atoms with E-state index in [9.17, 15) is 4.79 Å². The topological polar surface area (TPSA) is 26.3 Å². The fraction of sp³-hybridized carbons (Fsp3) is 0.750. The highest BCUT2D eigenvalue weighted by Crippen LogP contribution is 2.10. The van der Waals surface area contributed by atoms with E-state index in [0.717, 1.165) is 12.3 Å². The standard InChI is InChI=1S/C12H22O2/c1-5-12(13)14-9-8-11(4)7-6-10(2)3/h8,10H,5-7,9H2,1-4H3. The van der Waals surface area contributed by atoms with Crippen LogP contribution in [0.15, 0.2) is 11.6 Å². The number of esters is 1. The van der Waals surface area contributed by atoms with Crippen molar-refractivity contribution in [3.8, 4) is 0 Å². The Morgan fingerprint density at radius 1 is 1.43 bits per heavy atom. The molecule has 2 heteroatoms. The third-order valence-corrected chi connectivity index (χ3v) is 2.08. The van der Waals surface area contributed by atoms with Gasteiger partial charge in [-0.25, -0.2) is 0 Å². The Bertz CT molecular complexity index is 192. The smallest absolute Gasteiger partial charge is 0.305 e. The summed E-state index contributed by atoms with van der Waals surface area (Å²) in [5.74, 6) is 0.606. The molecular weight excluding hydrogens is 176 g/mol. The third-order valence-electron chi connectivity index (χ3n) is 2.08. The van der Waals surface area contributed by atoms with Crippen molar-refractivity contribution in [3.05, 3.63) is 11.6 Å². The molecule has 14 heavy (non-hydrogen) atoms. The van der Waals surface area contributed by atoms with Crippen LogP contribution in [0, 0.1) is 5.92 Å². The van der Waals surface area contributed by atoms with E-state index >= 15 is 0 Å². The number of carbonyl (C=O) groups excluding carboxylic acids is 1. The summed E-state index contributed by atoms with van der Waals surface area (Å²) in [6.45, 7) is 8.74. The van der Waals surface area contributed by atoms with Gasteiger partial charge in [-0.15, -0.1) is 0 Å². The van der Waals surface area contributed by atoms with Crippen molar-refractivity contribution in [1.29, 1.82) is 0 Å². The normalized spacial score (nSPS) is 11.9. The molecule has 0 rings (SSSR count). The molecular formula is C12H22O2. The summed E-state index contributed by atoms with van der Waals surface area (Å²) in [5.41, 5.74) is 1.31. The van der Waals surface area contributed by atoms with Gasteiger partial charge in [-0.3, -0.25) is 4.79 Å². The van der Waals surface area contributed by atoms with Crippen LogP contribution in [0.5, 0.6) is 0 Å². The third kappa shape index (κ3) is 7.84. The Kier molecular flexibility index (Phi) is 7.17. The van der Waals surface area contributed by atoms with Gasteiger partial charge in [0.2, 0.25) is 0 Å². The number of allylic oxidation sites excluding steroid dienone is 1. The SMILES string of the molecule is CCC(=O)OCC=C(C)CCC(C)C. The molecule has 0 saturated carbocycles. The average Bonchev–Trinajstić information content (AvgIpc) is 2.14. The maximum absolute atomic E-state index is 10.8. The van der Waals surface area contributed by atoms with E-state index < -0.39 is 0 Å². The Morgan fingerprint density at radius 2 is 2.07 bits per heavy atom. The van der Waals surface area contributed by atoms with Crippen LogP contribution < -0.4 is 0 Å². The lowest BCUT2D eigenvalue weighted by Gasteiger charge is -2.05. The van der Waals surface area contributed by atoms with Gasteiger partial charge in [0.05, 0.1) is 0 Å². The minimum Gasteiger partial charge on any atom is -0.461 e. The second kappa shape index (κ2) is 7.60. The average molecular weight is 198 g/mol. The molecule has 0 heterocycles. The van der Waals surface area contributed by atoms with Gasteiger partial charge in [-0.1, -0.05) is 26.3 Å². The molecule has 0 aliphatic heterocycles. The van der Waals surface area contributed by atoms with E-state index in [1.165, 1.54) is 12.0 Å². The second-order valence-corrected chi connectivity index (χ2v) is 4.02. The molecule has 0 unspecified atom stereocenters. The molecule has 0 aliphatic carbocycles. The second-order valence-electron chi connectivity index (χ2n) is 4.02. The summed E-state index contributed by atoms with van der Waals surface area (Å²) in [7, 11) is 0. The zero-order chi connectivity index (χ0) is 11.0. The fourth-order valence-corrected chi connectivity index (χ4v) is 0.997. The largest absolute Gasteiger partial charge is 0.461 e. The lowest BCUT2D eigenvalue weighted by molar-refractivity contribution is -0.141. The van der Waals surface area contributed by atoms with Gasteiger partial charge in [0.1, 0.15) is 6.61 Å². The van der Waals surface area contributed by atoms with Crippen molar-refractivity contribution >= 4 is 5.97 Å². The number of ether oxygens (including phenoxy) is 1. The highest BCUT2D eigenvalue weighted by Gasteiger charge is 1.97. The Labute approximate surface area is 87.3 Å². The van der Waals surface area contributed by atoms with Crippen LogP contribution in [0.3, 0.4) is 0 Å². The Hall–Kier alpha value is -0.790. The predicted molar refractivity (Wildman–Crippen MR) is 59.1 cm³/mol. The van der Waals surface area contributed by atoms with Crippen molar-refractivity contribution in [2.75, 3.05) is 6.61 Å². The van der Waals surface area contributed by atoms with Crippen molar-refractivity contribution in [2.24, 2.45) is 5.92 Å². The first-order chi connectivity index (χ1) is 6.56. The molecule has 0 fully saturated rings. The van der Waals surface area contributed by atoms with Crippen molar-refractivity contribution in [3.63, 3.8) is 0 Å². The lowest BCUT2D eigenvalue weighted by Crippen LogP contribution is -2.02. The molecule has 0 aromatic heterocycles. The first-order valence-electron chi connectivity index (χ1n) is 5.37. The fourth-order valence-electron chi connectivity index (χ4n) is 0.997. The minimum absolute atomic E-state index is 0.127. The molecule has 0 aromatic rings. The zero-order valence-corrected chi connectivity index (χ0v) is 9.80. The van der Waals surface area contributed by atoms with Crippen LogP contribution in [0.1, 0.15) is 47.0 Å². The molecule has 0 radical (unpaired) electrons. The molecule has 0 bridgehead atoms. The molecule has 2 nitrogen and oxygen atoms in total. The van der Waals surface area contributed by atoms with Gasteiger partial charge in [0.15, 0.2) is 0 Å². The molecule has 0 spiro atoms. The lowest BCUT2D eigenvalue weighted by atomic mass is 10.0. The van der Waals surface area contributed by atoms with E-state index in [-0.39, 0.29) is 5.97 Å². The van der Waals surface area contributed by atoms with E-state index in [0.29, 0.717) is 13.0 Å². The summed E-state index contributed by atoms with van der Waals surface area (Å²) in [4.78, 5) is 10.8. The van der Waals surface area contributed by atoms with Crippen LogP contribution in [-0.4, -0.2) is 12.6 Å². The molecule has 82 valence electrons. The van der Waals surface area contributed by atoms with Crippen LogP contribution in [0.4, 0.5) is 0 Å². The first-order valence-corrected chi connectivity index (χ1v) is 5.37. The summed E-state index contributed by atoms with van der Waals surface area (Å²) >= 11 is 0. The first kappa shape index (κ1) is 13.2. The van der Waals surface area contributed by atoms with Crippen LogP contribution in [0.25, 0.3) is 0 Å². The summed E-state index contributed by atoms with van der Waals surface area (Å²) in [5, 5.41) is 0. The summed E-state index contributed by atoms with van der Waals surface area (Å²) in [6.07, 6.45) is 4.75. The summed E-state index contributed by atoms with van der Waals surface area (Å²) in [6, 6.07) is 0. The number of hydrogen-bond donors (Lipinski definition) is 0. The number of hydrogen-bond acceptors (Lipinski definition) is 2. The monoisotopic (exact) mass is 198 g/mol. The van der Waals surface area contributed by atoms with Crippen LogP contribution in [-0.2, 0) is 9.53 Å². The molecule has 0 aromatic carbocycles. The number of rotatable bonds is 6. The molecule has 0 aliphatic rings. The molecule has 0 N–H and O–H groups in total. The Morgan fingerprint density at radius 3 is 2.57 bits per heavy atom. The quantitative estimate of drug-likeness (QED) is 0.483. The van der Waals surface area contributed by atoms with Crippen molar-refractivity contribution in [2.45, 2.75) is 47.0 Å². The minimum atomic E-state index is -0.127. The van der Waals surface area contributed by atoms with E-state index in [1.54, 1.807) is 6.92 Å². The van der Waals surface area contributed by atoms with Gasteiger partial charge < -0.3 is 4.74 Å². The predicted octanol–water partition coefficient (Wildman–Crippen LogP) is 3.32. The maximum Gasteiger partial charge on any atom is 0.305 e. The van der Waals surface area contributed by atoms with Crippen LogP contribution in [0.2, 0.25) is 0 Å². The zero-order valence-electron chi connectivity index (χ0n) is 9.80. The summed E-state index contributed by atoms with van der Waals surface area (Å²) < 4.78 is 4.95. The van der Waals surface area contributed by atoms with Gasteiger partial charge >= 0.3 is 5.97 Å². The van der Waals surface area contributed by atoms with Gasteiger partial charge in [-0.05, 0) is 31.8 Å². The Balaban J connectivity index is 3.61. The van der Waals surface area contributed by atoms with Crippen molar-refractivity contribution in [1.82, 2.24) is 0 Å². The highest BCUT2D eigenvalue weighted by molar-refractivity contribution is 5.68. The highest BCUT2D eigenvalue weighted by atomic mass is 16.5. The van der Waals surface area contributed by atoms with Gasteiger partial charge in [0, 0.05) is 6.42 Å². The van der Waals surface area contributed by atoms with E-state index in [2.05, 4.69) is 20.8 Å². The van der Waals surface area contributed by atoms with E-state index in [1.807, 2.05) is 6.08 Å².